The van der Waals surface area contributed by atoms with Crippen molar-refractivity contribution in [3.05, 3.63) is 94.9 Å². The molecule has 29 heavy (non-hydrogen) atoms. The average molecular weight is 385 g/mol. The van der Waals surface area contributed by atoms with Crippen LogP contribution in [0.25, 0.3) is 5.65 Å². The third-order valence-electron chi connectivity index (χ3n) is 4.78. The fraction of sp³-hybridized carbons (Fsp3) is 0.167. The van der Waals surface area contributed by atoms with Crippen LogP contribution in [0.2, 0.25) is 0 Å². The number of imidazole rings is 1. The Bertz CT molecular complexity index is 1180. The van der Waals surface area contributed by atoms with Crippen LogP contribution in [0.3, 0.4) is 0 Å². The maximum Gasteiger partial charge on any atom is 0.255 e. The monoisotopic (exact) mass is 385 g/mol. The van der Waals surface area contributed by atoms with Crippen LogP contribution in [0.1, 0.15) is 32.7 Å². The lowest BCUT2D eigenvalue weighted by molar-refractivity contribution is 0.102. The van der Waals surface area contributed by atoms with E-state index in [1.54, 1.807) is 24.3 Å². The van der Waals surface area contributed by atoms with Crippen molar-refractivity contribution in [3.63, 3.8) is 0 Å². The normalized spacial score (nSPS) is 10.9. The van der Waals surface area contributed by atoms with E-state index in [1.165, 1.54) is 11.1 Å². The SMILES string of the molecule is Cc1ccc(NC(=O)c2ccc(OCc3cn4cc(C)ccc4n3)cc2)c(C)c1. The number of rotatable bonds is 5. The molecule has 146 valence electrons. The first kappa shape index (κ1) is 18.7. The average Bonchev–Trinajstić information content (AvgIpc) is 3.11. The van der Waals surface area contributed by atoms with E-state index < -0.39 is 0 Å². The second-order valence-electron chi connectivity index (χ2n) is 7.29. The van der Waals surface area contributed by atoms with E-state index in [0.717, 1.165) is 22.6 Å². The zero-order valence-electron chi connectivity index (χ0n) is 16.8. The summed E-state index contributed by atoms with van der Waals surface area (Å²) < 4.78 is 7.82. The summed E-state index contributed by atoms with van der Waals surface area (Å²) in [6.45, 7) is 6.44. The molecule has 0 saturated carbocycles. The van der Waals surface area contributed by atoms with Gasteiger partial charge >= 0.3 is 0 Å². The van der Waals surface area contributed by atoms with Gasteiger partial charge < -0.3 is 14.5 Å². The number of nitrogens with zero attached hydrogens (tertiary/aromatic N) is 2. The Labute approximate surface area is 170 Å². The summed E-state index contributed by atoms with van der Waals surface area (Å²) in [5, 5.41) is 2.96. The summed E-state index contributed by atoms with van der Waals surface area (Å²) in [5.74, 6) is 0.556. The van der Waals surface area contributed by atoms with Crippen molar-refractivity contribution in [2.24, 2.45) is 0 Å². The summed E-state index contributed by atoms with van der Waals surface area (Å²) in [7, 11) is 0. The number of nitrogens with one attached hydrogen (secondary N) is 1. The van der Waals surface area contributed by atoms with E-state index in [9.17, 15) is 4.79 Å². The molecule has 4 aromatic rings. The second-order valence-corrected chi connectivity index (χ2v) is 7.29. The number of hydrogen-bond donors (Lipinski definition) is 1. The Morgan fingerprint density at radius 3 is 2.48 bits per heavy atom. The molecule has 0 bridgehead atoms. The van der Waals surface area contributed by atoms with Crippen LogP contribution < -0.4 is 10.1 Å². The predicted octanol–water partition coefficient (Wildman–Crippen LogP) is 5.09. The van der Waals surface area contributed by atoms with Crippen molar-refractivity contribution in [3.8, 4) is 5.75 Å². The highest BCUT2D eigenvalue weighted by Gasteiger charge is 2.09. The molecule has 2 aromatic heterocycles. The first-order valence-electron chi connectivity index (χ1n) is 9.54. The molecule has 4 rings (SSSR count). The van der Waals surface area contributed by atoms with Crippen LogP contribution in [0.4, 0.5) is 5.69 Å². The number of anilines is 1. The Morgan fingerprint density at radius 2 is 1.72 bits per heavy atom. The minimum Gasteiger partial charge on any atom is -0.487 e. The molecule has 0 unspecified atom stereocenters. The summed E-state index contributed by atoms with van der Waals surface area (Å²) in [5.41, 5.74) is 6.55. The van der Waals surface area contributed by atoms with Crippen LogP contribution >= 0.6 is 0 Å². The summed E-state index contributed by atoms with van der Waals surface area (Å²) in [4.78, 5) is 17.1. The zero-order valence-corrected chi connectivity index (χ0v) is 16.8. The van der Waals surface area contributed by atoms with Gasteiger partial charge in [-0.2, -0.15) is 0 Å². The van der Waals surface area contributed by atoms with E-state index in [2.05, 4.69) is 10.3 Å². The Morgan fingerprint density at radius 1 is 0.966 bits per heavy atom. The number of aryl methyl sites for hydroxylation is 3. The van der Waals surface area contributed by atoms with Gasteiger partial charge in [-0.3, -0.25) is 4.79 Å². The highest BCUT2D eigenvalue weighted by atomic mass is 16.5. The Balaban J connectivity index is 1.39. The highest BCUT2D eigenvalue weighted by molar-refractivity contribution is 6.04. The van der Waals surface area contributed by atoms with Gasteiger partial charge in [-0.15, -0.1) is 0 Å². The van der Waals surface area contributed by atoms with Crippen LogP contribution in [-0.2, 0) is 6.61 Å². The van der Waals surface area contributed by atoms with Crippen molar-refractivity contribution in [1.82, 2.24) is 9.38 Å². The van der Waals surface area contributed by atoms with Gasteiger partial charge in [0.1, 0.15) is 18.0 Å². The van der Waals surface area contributed by atoms with Gasteiger partial charge in [0.05, 0.1) is 5.69 Å². The molecule has 1 amide bonds. The number of benzene rings is 2. The summed E-state index contributed by atoms with van der Waals surface area (Å²) >= 11 is 0. The molecular weight excluding hydrogens is 362 g/mol. The van der Waals surface area contributed by atoms with Gasteiger partial charge in [-0.25, -0.2) is 4.98 Å². The molecule has 0 saturated heterocycles. The molecule has 0 radical (unpaired) electrons. The van der Waals surface area contributed by atoms with Gasteiger partial charge in [0, 0.05) is 23.6 Å². The van der Waals surface area contributed by atoms with Crippen LogP contribution in [-0.4, -0.2) is 15.3 Å². The Hall–Kier alpha value is -3.60. The molecule has 0 aliphatic rings. The standard InChI is InChI=1S/C24H23N3O2/c1-16-4-10-22(18(3)12-16)26-24(28)19-6-8-21(9-7-19)29-15-20-14-27-13-17(2)5-11-23(27)25-20/h4-14H,15H2,1-3H3,(H,26,28). The van der Waals surface area contributed by atoms with Crippen molar-refractivity contribution < 1.29 is 9.53 Å². The number of amides is 1. The smallest absolute Gasteiger partial charge is 0.255 e. The maximum atomic E-state index is 12.5. The molecule has 0 fully saturated rings. The number of carbonyl (C=O) groups is 1. The topological polar surface area (TPSA) is 55.6 Å². The quantitative estimate of drug-likeness (QED) is 0.520. The molecule has 5 heteroatoms. The third kappa shape index (κ3) is 4.29. The molecule has 5 nitrogen and oxygen atoms in total. The number of aromatic nitrogens is 2. The first-order valence-corrected chi connectivity index (χ1v) is 9.54. The van der Waals surface area contributed by atoms with Gasteiger partial charge in [0.2, 0.25) is 0 Å². The minimum atomic E-state index is -0.140. The van der Waals surface area contributed by atoms with Gasteiger partial charge in [-0.1, -0.05) is 23.8 Å². The third-order valence-corrected chi connectivity index (χ3v) is 4.78. The zero-order chi connectivity index (χ0) is 20.4. The summed E-state index contributed by atoms with van der Waals surface area (Å²) in [6, 6.07) is 17.1. The van der Waals surface area contributed by atoms with Gasteiger partial charge in [0.15, 0.2) is 0 Å². The molecule has 0 spiro atoms. The summed E-state index contributed by atoms with van der Waals surface area (Å²) in [6.07, 6.45) is 4.00. The van der Waals surface area contributed by atoms with Crippen molar-refractivity contribution in [2.45, 2.75) is 27.4 Å². The molecule has 1 N–H and O–H groups in total. The van der Waals surface area contributed by atoms with Crippen LogP contribution in [0.15, 0.2) is 67.0 Å². The van der Waals surface area contributed by atoms with Crippen molar-refractivity contribution in [1.29, 1.82) is 0 Å². The molecular formula is C24H23N3O2. The van der Waals surface area contributed by atoms with E-state index in [0.29, 0.717) is 17.9 Å². The molecule has 0 aliphatic carbocycles. The fourth-order valence-electron chi connectivity index (χ4n) is 3.23. The van der Waals surface area contributed by atoms with E-state index >= 15 is 0 Å². The second kappa shape index (κ2) is 7.80. The van der Waals surface area contributed by atoms with E-state index in [-0.39, 0.29) is 5.91 Å². The molecule has 0 atom stereocenters. The molecule has 2 aromatic carbocycles. The predicted molar refractivity (Wildman–Crippen MR) is 115 cm³/mol. The van der Waals surface area contributed by atoms with Crippen molar-refractivity contribution >= 4 is 17.2 Å². The maximum absolute atomic E-state index is 12.5. The lowest BCUT2D eigenvalue weighted by Gasteiger charge is -2.10. The number of hydrogen-bond acceptors (Lipinski definition) is 3. The van der Waals surface area contributed by atoms with E-state index in [1.807, 2.05) is 67.9 Å². The van der Waals surface area contributed by atoms with E-state index in [4.69, 9.17) is 4.74 Å². The first-order chi connectivity index (χ1) is 14.0. The number of fused-ring (bicyclic) bond motifs is 1. The minimum absolute atomic E-state index is 0.140. The number of ether oxygens (including phenoxy) is 1. The number of pyridine rings is 1. The van der Waals surface area contributed by atoms with Gasteiger partial charge in [0.25, 0.3) is 5.91 Å². The van der Waals surface area contributed by atoms with Crippen LogP contribution in [0.5, 0.6) is 5.75 Å². The molecule has 2 heterocycles. The van der Waals surface area contributed by atoms with Crippen LogP contribution in [0, 0.1) is 20.8 Å². The fourth-order valence-corrected chi connectivity index (χ4v) is 3.23. The molecule has 0 aliphatic heterocycles. The largest absolute Gasteiger partial charge is 0.487 e. The number of carbonyl (C=O) groups excluding carboxylic acids is 1. The lowest BCUT2D eigenvalue weighted by atomic mass is 10.1. The Kier molecular flexibility index (Phi) is 5.04. The highest BCUT2D eigenvalue weighted by Crippen LogP contribution is 2.19. The lowest BCUT2D eigenvalue weighted by Crippen LogP contribution is -2.12. The van der Waals surface area contributed by atoms with Crippen molar-refractivity contribution in [2.75, 3.05) is 5.32 Å². The van der Waals surface area contributed by atoms with Gasteiger partial charge in [-0.05, 0) is 68.3 Å².